The summed E-state index contributed by atoms with van der Waals surface area (Å²) in [6.07, 6.45) is 1.55. The van der Waals surface area contributed by atoms with E-state index in [0.29, 0.717) is 32.7 Å². The number of hydrogen-bond donors (Lipinski definition) is 1. The number of aromatic nitrogens is 1. The molecule has 0 amide bonds. The van der Waals surface area contributed by atoms with Crippen molar-refractivity contribution in [2.45, 2.75) is 13.5 Å². The lowest BCUT2D eigenvalue weighted by atomic mass is 9.99. The Morgan fingerprint density at radius 1 is 1.09 bits per heavy atom. The van der Waals surface area contributed by atoms with E-state index in [2.05, 4.69) is 4.98 Å². The maximum atomic E-state index is 13.2. The number of rotatable bonds is 7. The number of carbonyl (C=O) groups is 1. The van der Waals surface area contributed by atoms with E-state index in [1.807, 2.05) is 37.3 Å². The summed E-state index contributed by atoms with van der Waals surface area (Å²) in [6, 6.07) is 20.0. The summed E-state index contributed by atoms with van der Waals surface area (Å²) in [6.45, 7) is 2.05. The van der Waals surface area contributed by atoms with Gasteiger partial charge in [-0.1, -0.05) is 53.5 Å². The van der Waals surface area contributed by atoms with E-state index in [4.69, 9.17) is 32.7 Å². The Bertz CT molecular complexity index is 1460. The number of methoxy groups -OCH3 is 1. The monoisotopic (exact) mass is 490 g/mol. The van der Waals surface area contributed by atoms with E-state index >= 15 is 0 Å². The Labute approximate surface area is 207 Å². The van der Waals surface area contributed by atoms with E-state index < -0.39 is 0 Å². The molecule has 0 aliphatic carbocycles. The fourth-order valence-corrected chi connectivity index (χ4v) is 4.17. The molecular formula is C27H20Cl2N2O3. The van der Waals surface area contributed by atoms with Crippen LogP contribution < -0.4 is 9.47 Å². The predicted octanol–water partition coefficient (Wildman–Crippen LogP) is 7.16. The van der Waals surface area contributed by atoms with Gasteiger partial charge < -0.3 is 14.5 Å². The number of aromatic amines is 1. The molecule has 1 aromatic heterocycles. The van der Waals surface area contributed by atoms with E-state index in [9.17, 15) is 10.1 Å². The lowest BCUT2D eigenvalue weighted by Crippen LogP contribution is -2.03. The third-order valence-electron chi connectivity index (χ3n) is 5.38. The molecule has 4 rings (SSSR count). The van der Waals surface area contributed by atoms with E-state index in [0.717, 1.165) is 22.2 Å². The van der Waals surface area contributed by atoms with Gasteiger partial charge in [0.05, 0.1) is 12.7 Å². The van der Waals surface area contributed by atoms with Crippen LogP contribution in [-0.2, 0) is 6.61 Å². The number of Topliss-reactive ketones (excluding diaryl/α,β-unsaturated/α-hetero) is 1. The third kappa shape index (κ3) is 4.79. The number of ketones is 1. The Morgan fingerprint density at radius 3 is 2.62 bits per heavy atom. The number of nitrogens with zero attached hydrogens (tertiary/aromatic N) is 1. The molecule has 1 N–H and O–H groups in total. The van der Waals surface area contributed by atoms with E-state index in [-0.39, 0.29) is 18.0 Å². The van der Waals surface area contributed by atoms with Crippen molar-refractivity contribution in [1.82, 2.24) is 4.98 Å². The standard InChI is InChI=1S/C27H20Cl2N2O3/c1-16-26(21-5-3-4-6-23(21)31-16)27(32)19(14-30)11-17-7-10-24(25(12-17)33-2)34-15-18-8-9-20(28)13-22(18)29/h3-13,31H,15H2,1-2H3/b19-11+. The van der Waals surface area contributed by atoms with Gasteiger partial charge in [-0.05, 0) is 48.9 Å². The van der Waals surface area contributed by atoms with Gasteiger partial charge in [0, 0.05) is 32.2 Å². The van der Waals surface area contributed by atoms with Gasteiger partial charge in [0.2, 0.25) is 5.78 Å². The fraction of sp³-hybridized carbons (Fsp3) is 0.111. The highest BCUT2D eigenvalue weighted by Gasteiger charge is 2.20. The first-order chi connectivity index (χ1) is 16.4. The van der Waals surface area contributed by atoms with Gasteiger partial charge in [-0.3, -0.25) is 4.79 Å². The molecule has 170 valence electrons. The lowest BCUT2D eigenvalue weighted by Gasteiger charge is -2.12. The van der Waals surface area contributed by atoms with Crippen molar-refractivity contribution in [3.05, 3.63) is 98.7 Å². The summed E-state index contributed by atoms with van der Waals surface area (Å²) < 4.78 is 11.3. The molecule has 0 radical (unpaired) electrons. The number of benzene rings is 3. The number of ether oxygens (including phenoxy) is 2. The number of nitriles is 1. The van der Waals surface area contributed by atoms with Gasteiger partial charge in [-0.25, -0.2) is 0 Å². The molecule has 7 heteroatoms. The summed E-state index contributed by atoms with van der Waals surface area (Å²) in [7, 11) is 1.52. The van der Waals surface area contributed by atoms with Crippen LogP contribution in [0.5, 0.6) is 11.5 Å². The van der Waals surface area contributed by atoms with Crippen molar-refractivity contribution in [3.8, 4) is 17.6 Å². The molecule has 1 heterocycles. The summed E-state index contributed by atoms with van der Waals surface area (Å²) in [5.41, 5.74) is 3.51. The number of para-hydroxylation sites is 1. The van der Waals surface area contributed by atoms with Crippen LogP contribution >= 0.6 is 23.2 Å². The number of allylic oxidation sites excluding steroid dienone is 1. The normalized spacial score (nSPS) is 11.3. The van der Waals surface area contributed by atoms with Crippen molar-refractivity contribution in [1.29, 1.82) is 5.26 Å². The minimum atomic E-state index is -0.339. The van der Waals surface area contributed by atoms with Crippen LogP contribution in [0.4, 0.5) is 0 Å². The molecule has 0 unspecified atom stereocenters. The quantitative estimate of drug-likeness (QED) is 0.169. The summed E-state index contributed by atoms with van der Waals surface area (Å²) in [5.74, 6) is 0.629. The number of aryl methyl sites for hydroxylation is 1. The third-order valence-corrected chi connectivity index (χ3v) is 5.97. The smallest absolute Gasteiger partial charge is 0.205 e. The SMILES string of the molecule is COc1cc(/C=C(\C#N)C(=O)c2c(C)[nH]c3ccccc23)ccc1OCc1ccc(Cl)cc1Cl. The average molecular weight is 491 g/mol. The fourth-order valence-electron chi connectivity index (χ4n) is 3.71. The number of halogens is 2. The van der Waals surface area contributed by atoms with Gasteiger partial charge in [-0.15, -0.1) is 0 Å². The molecule has 0 spiro atoms. The van der Waals surface area contributed by atoms with Gasteiger partial charge in [-0.2, -0.15) is 5.26 Å². The zero-order valence-electron chi connectivity index (χ0n) is 18.5. The van der Waals surface area contributed by atoms with Crippen LogP contribution in [-0.4, -0.2) is 17.9 Å². The van der Waals surface area contributed by atoms with Gasteiger partial charge in [0.25, 0.3) is 0 Å². The van der Waals surface area contributed by atoms with Crippen molar-refractivity contribution in [3.63, 3.8) is 0 Å². The van der Waals surface area contributed by atoms with Crippen molar-refractivity contribution < 1.29 is 14.3 Å². The first-order valence-corrected chi connectivity index (χ1v) is 11.2. The number of nitrogens with one attached hydrogen (secondary N) is 1. The maximum absolute atomic E-state index is 13.2. The number of carbonyl (C=O) groups excluding carboxylic acids is 1. The van der Waals surface area contributed by atoms with Crippen LogP contribution in [0.2, 0.25) is 10.0 Å². The Balaban J connectivity index is 1.60. The molecule has 0 atom stereocenters. The van der Waals surface area contributed by atoms with Crippen molar-refractivity contribution in [2.75, 3.05) is 7.11 Å². The Kier molecular flexibility index (Phi) is 6.93. The zero-order valence-corrected chi connectivity index (χ0v) is 20.0. The number of H-pyrrole nitrogens is 1. The first-order valence-electron chi connectivity index (χ1n) is 10.4. The molecule has 0 fully saturated rings. The molecule has 0 bridgehead atoms. The van der Waals surface area contributed by atoms with Gasteiger partial charge in [0.1, 0.15) is 18.2 Å². The zero-order chi connectivity index (χ0) is 24.2. The number of fused-ring (bicyclic) bond motifs is 1. The first kappa shape index (κ1) is 23.4. The largest absolute Gasteiger partial charge is 0.493 e. The van der Waals surface area contributed by atoms with Gasteiger partial charge in [0.15, 0.2) is 11.5 Å². The summed E-state index contributed by atoms with van der Waals surface area (Å²) in [4.78, 5) is 16.4. The highest BCUT2D eigenvalue weighted by atomic mass is 35.5. The minimum absolute atomic E-state index is 0.0246. The summed E-state index contributed by atoms with van der Waals surface area (Å²) in [5, 5.41) is 11.6. The topological polar surface area (TPSA) is 75.1 Å². The summed E-state index contributed by atoms with van der Waals surface area (Å²) >= 11 is 12.2. The molecule has 4 aromatic rings. The second kappa shape index (κ2) is 10.0. The molecular weight excluding hydrogens is 471 g/mol. The van der Waals surface area contributed by atoms with E-state index in [1.54, 1.807) is 42.5 Å². The highest BCUT2D eigenvalue weighted by molar-refractivity contribution is 6.35. The van der Waals surface area contributed by atoms with Crippen molar-refractivity contribution >= 4 is 46.0 Å². The molecule has 5 nitrogen and oxygen atoms in total. The molecule has 0 aliphatic rings. The van der Waals surface area contributed by atoms with Gasteiger partial charge >= 0.3 is 0 Å². The Morgan fingerprint density at radius 2 is 1.88 bits per heavy atom. The molecule has 3 aromatic carbocycles. The molecule has 0 saturated heterocycles. The van der Waals surface area contributed by atoms with Crippen LogP contribution in [0.1, 0.15) is 27.2 Å². The second-order valence-electron chi connectivity index (χ2n) is 7.60. The number of hydrogen-bond acceptors (Lipinski definition) is 4. The van der Waals surface area contributed by atoms with Crippen molar-refractivity contribution in [2.24, 2.45) is 0 Å². The Hall–Kier alpha value is -3.72. The van der Waals surface area contributed by atoms with Crippen LogP contribution in [0.25, 0.3) is 17.0 Å². The molecule has 0 aliphatic heterocycles. The minimum Gasteiger partial charge on any atom is -0.493 e. The average Bonchev–Trinajstić information content (AvgIpc) is 3.17. The second-order valence-corrected chi connectivity index (χ2v) is 8.45. The lowest BCUT2D eigenvalue weighted by molar-refractivity contribution is 0.104. The molecule has 34 heavy (non-hydrogen) atoms. The van der Waals surface area contributed by atoms with E-state index in [1.165, 1.54) is 7.11 Å². The van der Waals surface area contributed by atoms with Crippen LogP contribution in [0, 0.1) is 18.3 Å². The van der Waals surface area contributed by atoms with Crippen LogP contribution in [0.15, 0.2) is 66.2 Å². The maximum Gasteiger partial charge on any atom is 0.205 e. The van der Waals surface area contributed by atoms with Crippen LogP contribution in [0.3, 0.4) is 0 Å². The predicted molar refractivity (Wildman–Crippen MR) is 135 cm³/mol. The highest BCUT2D eigenvalue weighted by Crippen LogP contribution is 2.32. The molecule has 0 saturated carbocycles.